The first-order valence-corrected chi connectivity index (χ1v) is 9.56. The minimum Gasteiger partial charge on any atom is -0.305 e. The third kappa shape index (κ3) is 4.02. The summed E-state index contributed by atoms with van der Waals surface area (Å²) < 4.78 is 2.89. The second kappa shape index (κ2) is 7.54. The summed E-state index contributed by atoms with van der Waals surface area (Å²) >= 11 is 4.81. The first kappa shape index (κ1) is 17.9. The molecule has 0 aliphatic rings. The van der Waals surface area contributed by atoms with Crippen molar-refractivity contribution in [2.45, 2.75) is 24.3 Å². The van der Waals surface area contributed by atoms with Crippen LogP contribution in [0.2, 0.25) is 0 Å². The van der Waals surface area contributed by atoms with Crippen molar-refractivity contribution in [1.29, 1.82) is 0 Å². The number of Topliss-reactive ketones (excluding diaryl/α,β-unsaturated/α-hetero) is 1. The molecule has 1 heterocycles. The number of thioether (sulfide) groups is 1. The van der Waals surface area contributed by atoms with E-state index in [2.05, 4.69) is 45.2 Å². The maximum absolute atomic E-state index is 12.6. The van der Waals surface area contributed by atoms with Gasteiger partial charge in [-0.15, -0.1) is 10.2 Å². The van der Waals surface area contributed by atoms with E-state index in [-0.39, 0.29) is 11.0 Å². The molecule has 25 heavy (non-hydrogen) atoms. The molecule has 4 nitrogen and oxygen atoms in total. The average molecular weight is 416 g/mol. The Balaban J connectivity index is 1.79. The van der Waals surface area contributed by atoms with E-state index in [9.17, 15) is 4.79 Å². The highest BCUT2D eigenvalue weighted by atomic mass is 79.9. The first-order valence-electron chi connectivity index (χ1n) is 7.88. The molecule has 2 aromatic carbocycles. The van der Waals surface area contributed by atoms with Crippen LogP contribution in [-0.4, -0.2) is 25.8 Å². The Morgan fingerprint density at radius 2 is 1.88 bits per heavy atom. The summed E-state index contributed by atoms with van der Waals surface area (Å²) in [6, 6.07) is 15.6. The van der Waals surface area contributed by atoms with Crippen LogP contribution in [0.5, 0.6) is 0 Å². The van der Waals surface area contributed by atoms with Crippen molar-refractivity contribution in [1.82, 2.24) is 14.8 Å². The summed E-state index contributed by atoms with van der Waals surface area (Å²) in [7, 11) is 1.93. The van der Waals surface area contributed by atoms with Gasteiger partial charge in [-0.3, -0.25) is 4.79 Å². The van der Waals surface area contributed by atoms with Crippen molar-refractivity contribution in [3.05, 3.63) is 64.1 Å². The van der Waals surface area contributed by atoms with Gasteiger partial charge in [0, 0.05) is 22.6 Å². The van der Waals surface area contributed by atoms with Crippen molar-refractivity contribution >= 4 is 33.5 Å². The fraction of sp³-hybridized carbons (Fsp3) is 0.211. The number of halogens is 1. The van der Waals surface area contributed by atoms with Crippen LogP contribution < -0.4 is 0 Å². The standard InChI is InChI=1S/C19H18BrN3OS/c1-12-5-4-6-15(11-12)18-21-22-19(23(18)3)25-13(2)17(24)14-7-9-16(20)10-8-14/h4-11,13H,1-3H3. The summed E-state index contributed by atoms with van der Waals surface area (Å²) in [6.07, 6.45) is 0. The van der Waals surface area contributed by atoms with Crippen LogP contribution in [0, 0.1) is 6.92 Å². The highest BCUT2D eigenvalue weighted by Gasteiger charge is 2.20. The molecule has 1 atom stereocenters. The lowest BCUT2D eigenvalue weighted by Crippen LogP contribution is -2.14. The number of nitrogens with zero attached hydrogens (tertiary/aromatic N) is 3. The van der Waals surface area contributed by atoms with Crippen molar-refractivity contribution in [3.63, 3.8) is 0 Å². The van der Waals surface area contributed by atoms with Crippen LogP contribution >= 0.6 is 27.7 Å². The van der Waals surface area contributed by atoms with Gasteiger partial charge in [0.25, 0.3) is 0 Å². The molecule has 0 radical (unpaired) electrons. The predicted octanol–water partition coefficient (Wildman–Crippen LogP) is 4.92. The topological polar surface area (TPSA) is 47.8 Å². The Hall–Kier alpha value is -1.92. The second-order valence-corrected chi connectivity index (χ2v) is 8.09. The number of carbonyl (C=O) groups excluding carboxylic acids is 1. The Kier molecular flexibility index (Phi) is 5.39. The van der Waals surface area contributed by atoms with E-state index in [1.165, 1.54) is 17.3 Å². The van der Waals surface area contributed by atoms with Crippen molar-refractivity contribution in [2.75, 3.05) is 0 Å². The molecule has 0 N–H and O–H groups in total. The quantitative estimate of drug-likeness (QED) is 0.438. The fourth-order valence-corrected chi connectivity index (χ4v) is 3.67. The minimum atomic E-state index is -0.241. The molecule has 1 unspecified atom stereocenters. The molecule has 0 fully saturated rings. The number of ketones is 1. The predicted molar refractivity (Wildman–Crippen MR) is 105 cm³/mol. The van der Waals surface area contributed by atoms with Gasteiger partial charge in [0.2, 0.25) is 0 Å². The molecule has 3 rings (SSSR count). The zero-order valence-electron chi connectivity index (χ0n) is 14.2. The molecule has 6 heteroatoms. The molecule has 0 amide bonds. The van der Waals surface area contributed by atoms with Crippen LogP contribution in [0.1, 0.15) is 22.8 Å². The van der Waals surface area contributed by atoms with Crippen LogP contribution in [-0.2, 0) is 7.05 Å². The van der Waals surface area contributed by atoms with Gasteiger partial charge in [-0.25, -0.2) is 0 Å². The monoisotopic (exact) mass is 415 g/mol. The van der Waals surface area contributed by atoms with E-state index in [0.29, 0.717) is 5.56 Å². The summed E-state index contributed by atoms with van der Waals surface area (Å²) in [6.45, 7) is 3.95. The van der Waals surface area contributed by atoms with Gasteiger partial charge in [-0.1, -0.05) is 63.6 Å². The first-order chi connectivity index (χ1) is 12.0. The van der Waals surface area contributed by atoms with Gasteiger partial charge in [0.1, 0.15) is 0 Å². The zero-order valence-corrected chi connectivity index (χ0v) is 16.6. The zero-order chi connectivity index (χ0) is 18.0. The normalized spacial score (nSPS) is 12.2. The van der Waals surface area contributed by atoms with Gasteiger partial charge in [0.05, 0.1) is 5.25 Å². The Morgan fingerprint density at radius 1 is 1.16 bits per heavy atom. The van der Waals surface area contributed by atoms with Crippen LogP contribution in [0.15, 0.2) is 58.2 Å². The molecule has 0 saturated heterocycles. The van der Waals surface area contributed by atoms with E-state index in [1.54, 1.807) is 0 Å². The van der Waals surface area contributed by atoms with E-state index >= 15 is 0 Å². The molecule has 0 spiro atoms. The molecular formula is C19H18BrN3OS. The molecule has 3 aromatic rings. The second-order valence-electron chi connectivity index (χ2n) is 5.87. The summed E-state index contributed by atoms with van der Waals surface area (Å²) in [5.74, 6) is 0.882. The number of carbonyl (C=O) groups is 1. The SMILES string of the molecule is Cc1cccc(-c2nnc(SC(C)C(=O)c3ccc(Br)cc3)n2C)c1. The average Bonchev–Trinajstić information content (AvgIpc) is 2.95. The molecular weight excluding hydrogens is 398 g/mol. The van der Waals surface area contributed by atoms with Crippen LogP contribution in [0.25, 0.3) is 11.4 Å². The fourth-order valence-electron chi connectivity index (χ4n) is 2.51. The smallest absolute Gasteiger partial charge is 0.191 e. The van der Waals surface area contributed by atoms with Crippen LogP contribution in [0.4, 0.5) is 0 Å². The number of hydrogen-bond donors (Lipinski definition) is 0. The summed E-state index contributed by atoms with van der Waals surface area (Å²) in [5.41, 5.74) is 2.89. The highest BCUT2D eigenvalue weighted by molar-refractivity contribution is 9.10. The Morgan fingerprint density at radius 3 is 2.56 bits per heavy atom. The van der Waals surface area contributed by atoms with E-state index < -0.39 is 0 Å². The molecule has 0 saturated carbocycles. The number of hydrogen-bond acceptors (Lipinski definition) is 4. The maximum atomic E-state index is 12.6. The Bertz CT molecular complexity index is 905. The van der Waals surface area contributed by atoms with Gasteiger partial charge >= 0.3 is 0 Å². The third-order valence-corrected chi connectivity index (χ3v) is 5.55. The molecule has 128 valence electrons. The summed E-state index contributed by atoms with van der Waals surface area (Å²) in [5, 5.41) is 9.06. The van der Waals surface area contributed by atoms with Crippen molar-refractivity contribution < 1.29 is 4.79 Å². The minimum absolute atomic E-state index is 0.0811. The molecule has 0 aliphatic heterocycles. The van der Waals surface area contributed by atoms with Crippen molar-refractivity contribution in [2.24, 2.45) is 7.05 Å². The Labute approximate surface area is 159 Å². The summed E-state index contributed by atoms with van der Waals surface area (Å²) in [4.78, 5) is 12.6. The largest absolute Gasteiger partial charge is 0.305 e. The van der Waals surface area contributed by atoms with Crippen LogP contribution in [0.3, 0.4) is 0 Å². The molecule has 0 bridgehead atoms. The lowest BCUT2D eigenvalue weighted by Gasteiger charge is -2.10. The number of rotatable bonds is 5. The van der Waals surface area contributed by atoms with E-state index in [0.717, 1.165) is 21.0 Å². The third-order valence-electron chi connectivity index (χ3n) is 3.89. The lowest BCUT2D eigenvalue weighted by atomic mass is 10.1. The maximum Gasteiger partial charge on any atom is 0.191 e. The number of aryl methyl sites for hydroxylation is 1. The van der Waals surface area contributed by atoms with Gasteiger partial charge in [-0.05, 0) is 32.0 Å². The van der Waals surface area contributed by atoms with E-state index in [4.69, 9.17) is 0 Å². The number of benzene rings is 2. The highest BCUT2D eigenvalue weighted by Crippen LogP contribution is 2.27. The number of aromatic nitrogens is 3. The van der Waals surface area contributed by atoms with E-state index in [1.807, 2.05) is 54.9 Å². The lowest BCUT2D eigenvalue weighted by molar-refractivity contribution is 0.0994. The van der Waals surface area contributed by atoms with Gasteiger partial charge in [-0.2, -0.15) is 0 Å². The van der Waals surface area contributed by atoms with Crippen molar-refractivity contribution in [3.8, 4) is 11.4 Å². The van der Waals surface area contributed by atoms with Gasteiger partial charge < -0.3 is 4.57 Å². The molecule has 0 aliphatic carbocycles. The van der Waals surface area contributed by atoms with Gasteiger partial charge in [0.15, 0.2) is 16.8 Å². The molecule has 1 aromatic heterocycles.